The van der Waals surface area contributed by atoms with Gasteiger partial charge in [0.05, 0.1) is 10.5 Å². The number of amidine groups is 1. The van der Waals surface area contributed by atoms with Gasteiger partial charge in [-0.2, -0.15) is 0 Å². The number of rotatable bonds is 4. The Labute approximate surface area is 150 Å². The lowest BCUT2D eigenvalue weighted by Gasteiger charge is -2.07. The fourth-order valence-electron chi connectivity index (χ4n) is 2.88. The monoisotopic (exact) mass is 366 g/mol. The molecule has 2 heterocycles. The van der Waals surface area contributed by atoms with Crippen LogP contribution in [0.3, 0.4) is 0 Å². The first-order valence-electron chi connectivity index (χ1n) is 7.93. The fourth-order valence-corrected chi connectivity index (χ4v) is 3.83. The Morgan fingerprint density at radius 3 is 2.35 bits per heavy atom. The van der Waals surface area contributed by atoms with E-state index in [-0.39, 0.29) is 10.8 Å². The molecule has 3 N–H and O–H groups in total. The van der Waals surface area contributed by atoms with E-state index < -0.39 is 10.0 Å². The lowest BCUT2D eigenvalue weighted by atomic mass is 10.1. The molecule has 4 rings (SSSR count). The Morgan fingerprint density at radius 1 is 0.962 bits per heavy atom. The first-order valence-corrected chi connectivity index (χ1v) is 9.41. The first-order chi connectivity index (χ1) is 12.5. The summed E-state index contributed by atoms with van der Waals surface area (Å²) in [6.07, 6.45) is 2.94. The molecule has 2 aromatic carbocycles. The quantitative estimate of drug-likeness (QED) is 0.686. The van der Waals surface area contributed by atoms with Crippen molar-refractivity contribution in [3.05, 3.63) is 78.1 Å². The van der Waals surface area contributed by atoms with Gasteiger partial charge in [0.25, 0.3) is 15.9 Å². The average Bonchev–Trinajstić information content (AvgIpc) is 2.99. The molecule has 0 atom stereocenters. The van der Waals surface area contributed by atoms with Gasteiger partial charge in [-0.1, -0.05) is 18.2 Å². The van der Waals surface area contributed by atoms with E-state index in [1.165, 1.54) is 24.5 Å². The molecule has 1 aliphatic heterocycles. The van der Waals surface area contributed by atoms with Gasteiger partial charge in [-0.25, -0.2) is 27.7 Å². The smallest absolute Gasteiger partial charge is 0.280 e. The minimum absolute atomic E-state index is 0.0316. The molecule has 0 fully saturated rings. The molecule has 1 aliphatic rings. The molecule has 0 saturated heterocycles. The number of nitrogens with zero attached hydrogens (tertiary/aromatic N) is 3. The molecule has 0 aliphatic carbocycles. The summed E-state index contributed by atoms with van der Waals surface area (Å²) in [7, 11) is -3.75. The Balaban J connectivity index is 1.61. The third-order valence-electron chi connectivity index (χ3n) is 4.16. The summed E-state index contributed by atoms with van der Waals surface area (Å²) in [5.74, 6) is 0.691. The Hall–Kier alpha value is -3.26. The van der Waals surface area contributed by atoms with Crippen LogP contribution in [0.15, 0.2) is 71.9 Å². The van der Waals surface area contributed by atoms with Crippen LogP contribution in [-0.4, -0.2) is 28.8 Å². The lowest BCUT2D eigenvalue weighted by Crippen LogP contribution is -2.20. The lowest BCUT2D eigenvalue weighted by molar-refractivity contribution is -0.453. The number of hydrogen-bond donors (Lipinski definition) is 2. The van der Waals surface area contributed by atoms with Crippen LogP contribution in [0.5, 0.6) is 0 Å². The Bertz CT molecular complexity index is 1090. The van der Waals surface area contributed by atoms with Gasteiger partial charge in [0.15, 0.2) is 0 Å². The Morgan fingerprint density at radius 2 is 1.65 bits per heavy atom. The van der Waals surface area contributed by atoms with Crippen molar-refractivity contribution >= 4 is 27.5 Å². The summed E-state index contributed by atoms with van der Waals surface area (Å²) in [5, 5.41) is 0. The number of sulfonamides is 1. The third kappa shape index (κ3) is 2.91. The van der Waals surface area contributed by atoms with Crippen molar-refractivity contribution < 1.29 is 13.0 Å². The van der Waals surface area contributed by atoms with Crippen LogP contribution >= 0.6 is 0 Å². The number of nitrogens with one attached hydrogen (secondary N) is 1. The van der Waals surface area contributed by atoms with E-state index in [9.17, 15) is 8.42 Å². The van der Waals surface area contributed by atoms with Crippen LogP contribution in [-0.2, 0) is 16.6 Å². The van der Waals surface area contributed by atoms with Crippen molar-refractivity contribution in [2.45, 2.75) is 11.4 Å². The second-order valence-electron chi connectivity index (χ2n) is 5.80. The summed E-state index contributed by atoms with van der Waals surface area (Å²) >= 11 is 0. The highest BCUT2D eigenvalue weighted by Gasteiger charge is 2.25. The van der Waals surface area contributed by atoms with Crippen molar-refractivity contribution in [1.82, 2.24) is 9.97 Å². The molecule has 0 unspecified atom stereocenters. The van der Waals surface area contributed by atoms with Crippen molar-refractivity contribution in [2.75, 3.05) is 4.72 Å². The van der Waals surface area contributed by atoms with Gasteiger partial charge in [0.2, 0.25) is 5.95 Å². The summed E-state index contributed by atoms with van der Waals surface area (Å²) in [5.41, 5.74) is 9.22. The van der Waals surface area contributed by atoms with E-state index in [4.69, 9.17) is 5.73 Å². The largest absolute Gasteiger partial charge is 0.286 e. The molecule has 0 bridgehead atoms. The minimum atomic E-state index is -3.75. The number of anilines is 1. The van der Waals surface area contributed by atoms with Gasteiger partial charge in [-0.15, -0.1) is 0 Å². The highest BCUT2D eigenvalue weighted by molar-refractivity contribution is 7.92. The van der Waals surface area contributed by atoms with Crippen LogP contribution in [0.1, 0.15) is 11.1 Å². The maximum absolute atomic E-state index is 12.4. The molecule has 8 heteroatoms. The van der Waals surface area contributed by atoms with Gasteiger partial charge in [-0.05, 0) is 36.4 Å². The minimum Gasteiger partial charge on any atom is -0.286 e. The van der Waals surface area contributed by atoms with Crippen LogP contribution in [0.25, 0.3) is 0 Å². The van der Waals surface area contributed by atoms with E-state index in [1.54, 1.807) is 18.2 Å². The zero-order valence-corrected chi connectivity index (χ0v) is 14.5. The fraction of sp³-hybridized carbons (Fsp3) is 0.0556. The van der Waals surface area contributed by atoms with Gasteiger partial charge >= 0.3 is 0 Å². The third-order valence-corrected chi connectivity index (χ3v) is 5.51. The number of nitrogens with two attached hydrogens (primary N) is 1. The maximum Gasteiger partial charge on any atom is 0.280 e. The van der Waals surface area contributed by atoms with Crippen molar-refractivity contribution in [3.8, 4) is 0 Å². The zero-order valence-electron chi connectivity index (χ0n) is 13.7. The van der Waals surface area contributed by atoms with Gasteiger partial charge in [0, 0.05) is 18.0 Å². The molecule has 130 valence electrons. The van der Waals surface area contributed by atoms with Gasteiger partial charge in [0.1, 0.15) is 12.2 Å². The van der Waals surface area contributed by atoms with E-state index in [2.05, 4.69) is 14.7 Å². The second-order valence-corrected chi connectivity index (χ2v) is 7.48. The highest BCUT2D eigenvalue weighted by Crippen LogP contribution is 2.25. The highest BCUT2D eigenvalue weighted by atomic mass is 32.2. The van der Waals surface area contributed by atoms with E-state index >= 15 is 0 Å². The van der Waals surface area contributed by atoms with Crippen molar-refractivity contribution in [2.24, 2.45) is 5.73 Å². The number of fused-ring (bicyclic) bond motifs is 1. The number of benzene rings is 2. The molecular formula is C18H16N5O2S+. The second kappa shape index (κ2) is 6.23. The molecule has 3 aromatic rings. The van der Waals surface area contributed by atoms with Crippen molar-refractivity contribution in [1.29, 1.82) is 0 Å². The van der Waals surface area contributed by atoms with E-state index in [0.29, 0.717) is 12.4 Å². The van der Waals surface area contributed by atoms with Crippen LogP contribution < -0.4 is 10.5 Å². The summed E-state index contributed by atoms with van der Waals surface area (Å²) in [6, 6.07) is 16.1. The average molecular weight is 366 g/mol. The summed E-state index contributed by atoms with van der Waals surface area (Å²) in [6.45, 7) is 0.657. The molecular weight excluding hydrogens is 350 g/mol. The Kier molecular flexibility index (Phi) is 3.89. The molecule has 0 amide bonds. The van der Waals surface area contributed by atoms with Crippen LogP contribution in [0.2, 0.25) is 0 Å². The van der Waals surface area contributed by atoms with Gasteiger partial charge in [-0.3, -0.25) is 5.73 Å². The van der Waals surface area contributed by atoms with Crippen LogP contribution in [0, 0.1) is 0 Å². The van der Waals surface area contributed by atoms with Gasteiger partial charge < -0.3 is 0 Å². The molecule has 26 heavy (non-hydrogen) atoms. The standard InChI is InChI=1S/C18H15N5O2S/c19-17-16-5-2-1-4-13(16)12-23(17)14-6-8-15(9-7-14)26(24,25)22-18-20-10-3-11-21-18/h1-11,19H,12H2,(H,20,21,22)/p+1. The number of aromatic nitrogens is 2. The molecule has 0 spiro atoms. The van der Waals surface area contributed by atoms with Crippen LogP contribution in [0.4, 0.5) is 11.6 Å². The normalized spacial score (nSPS) is 13.5. The number of hydrogen-bond acceptors (Lipinski definition) is 5. The molecule has 1 aromatic heterocycles. The molecule has 0 radical (unpaired) electrons. The predicted molar refractivity (Wildman–Crippen MR) is 97.6 cm³/mol. The molecule has 7 nitrogen and oxygen atoms in total. The predicted octanol–water partition coefficient (Wildman–Crippen LogP) is 1.84. The zero-order chi connectivity index (χ0) is 18.1. The summed E-state index contributed by atoms with van der Waals surface area (Å²) in [4.78, 5) is 7.88. The first kappa shape index (κ1) is 16.2. The SMILES string of the molecule is NC1=[N+](c2ccc(S(=O)(=O)Nc3ncccn3)cc2)Cc2ccccc21. The maximum atomic E-state index is 12.4. The van der Waals surface area contributed by atoms with E-state index in [1.807, 2.05) is 28.8 Å². The van der Waals surface area contributed by atoms with E-state index in [0.717, 1.165) is 16.8 Å². The van der Waals surface area contributed by atoms with Crippen molar-refractivity contribution in [3.63, 3.8) is 0 Å². The molecule has 0 saturated carbocycles. The summed E-state index contributed by atoms with van der Waals surface area (Å²) < 4.78 is 29.2. The topological polar surface area (TPSA) is 101 Å².